The zero-order valence-corrected chi connectivity index (χ0v) is 11.0. The highest BCUT2D eigenvalue weighted by Gasteiger charge is 2.00. The Balaban J connectivity index is 2.32. The minimum absolute atomic E-state index is 0.992. The number of benzene rings is 1. The normalized spacial score (nSPS) is 11.1. The van der Waals surface area contributed by atoms with E-state index >= 15 is 0 Å². The van der Waals surface area contributed by atoms with E-state index in [1.807, 2.05) is 0 Å². The summed E-state index contributed by atoms with van der Waals surface area (Å²) in [5.74, 6) is 0. The first-order valence-corrected chi connectivity index (χ1v) is 6.02. The molecule has 90 valence electrons. The minimum Gasteiger partial charge on any atom is -0.313 e. The fourth-order valence-corrected chi connectivity index (χ4v) is 1.86. The maximum atomic E-state index is 3.51. The predicted octanol–water partition coefficient (Wildman–Crippen LogP) is 2.34. The van der Waals surface area contributed by atoms with Crippen molar-refractivity contribution in [1.82, 2.24) is 10.2 Å². The van der Waals surface area contributed by atoms with Crippen molar-refractivity contribution in [1.29, 1.82) is 0 Å². The highest BCUT2D eigenvalue weighted by Crippen LogP contribution is 2.12. The van der Waals surface area contributed by atoms with Gasteiger partial charge >= 0.3 is 0 Å². The van der Waals surface area contributed by atoms with E-state index in [0.717, 1.165) is 19.6 Å². The summed E-state index contributed by atoms with van der Waals surface area (Å²) < 4.78 is 0. The number of nitrogens with zero attached hydrogens (tertiary/aromatic N) is 1. The summed E-state index contributed by atoms with van der Waals surface area (Å²) >= 11 is 0. The van der Waals surface area contributed by atoms with Crippen LogP contribution < -0.4 is 5.32 Å². The van der Waals surface area contributed by atoms with E-state index < -0.39 is 0 Å². The lowest BCUT2D eigenvalue weighted by molar-refractivity contribution is 0.394. The Morgan fingerprint density at radius 3 is 2.31 bits per heavy atom. The van der Waals surface area contributed by atoms with Crippen LogP contribution in [0, 0.1) is 13.8 Å². The molecule has 1 N–H and O–H groups in total. The van der Waals surface area contributed by atoms with Gasteiger partial charge in [-0.15, -0.1) is 0 Å². The van der Waals surface area contributed by atoms with Crippen molar-refractivity contribution >= 4 is 0 Å². The summed E-state index contributed by atoms with van der Waals surface area (Å²) in [6.45, 7) is 7.60. The van der Waals surface area contributed by atoms with Gasteiger partial charge in [0.2, 0.25) is 0 Å². The molecule has 0 amide bonds. The van der Waals surface area contributed by atoms with Gasteiger partial charge in [0.15, 0.2) is 0 Å². The summed E-state index contributed by atoms with van der Waals surface area (Å²) in [6.07, 6.45) is 1.21. The van der Waals surface area contributed by atoms with Gasteiger partial charge in [-0.2, -0.15) is 0 Å². The van der Waals surface area contributed by atoms with Gasteiger partial charge in [-0.05, 0) is 64.1 Å². The van der Waals surface area contributed by atoms with Gasteiger partial charge in [-0.1, -0.05) is 18.2 Å². The fraction of sp³-hybridized carbons (Fsp3) is 0.571. The molecule has 0 heterocycles. The van der Waals surface area contributed by atoms with Gasteiger partial charge < -0.3 is 10.2 Å². The summed E-state index contributed by atoms with van der Waals surface area (Å²) in [5, 5.41) is 3.51. The highest BCUT2D eigenvalue weighted by molar-refractivity contribution is 5.33. The summed E-state index contributed by atoms with van der Waals surface area (Å²) in [5.41, 5.74) is 4.23. The molecule has 0 aromatic heterocycles. The molecule has 0 aliphatic rings. The Morgan fingerprint density at radius 2 is 1.75 bits per heavy atom. The van der Waals surface area contributed by atoms with E-state index in [2.05, 4.69) is 56.4 Å². The van der Waals surface area contributed by atoms with Crippen LogP contribution in [0.3, 0.4) is 0 Å². The number of aryl methyl sites for hydroxylation is 2. The van der Waals surface area contributed by atoms with Gasteiger partial charge in [0, 0.05) is 6.54 Å². The molecular formula is C14H24N2. The summed E-state index contributed by atoms with van der Waals surface area (Å²) in [4.78, 5) is 2.22. The molecule has 1 aromatic rings. The van der Waals surface area contributed by atoms with E-state index in [9.17, 15) is 0 Å². The van der Waals surface area contributed by atoms with Gasteiger partial charge in [0.1, 0.15) is 0 Å². The van der Waals surface area contributed by atoms with Crippen LogP contribution in [0.1, 0.15) is 23.1 Å². The third kappa shape index (κ3) is 4.33. The standard InChI is InChI=1S/C14H24N2/c1-12-7-5-8-13(2)14(12)11-15-9-6-10-16(3)4/h5,7-8,15H,6,9-11H2,1-4H3. The second-order valence-electron chi connectivity index (χ2n) is 4.70. The Labute approximate surface area is 99.7 Å². The molecule has 0 atom stereocenters. The Hall–Kier alpha value is -0.860. The van der Waals surface area contributed by atoms with Crippen LogP contribution in [0.25, 0.3) is 0 Å². The summed E-state index contributed by atoms with van der Waals surface area (Å²) in [7, 11) is 4.23. The monoisotopic (exact) mass is 220 g/mol. The molecule has 0 aliphatic heterocycles. The number of rotatable bonds is 6. The predicted molar refractivity (Wildman–Crippen MR) is 70.8 cm³/mol. The van der Waals surface area contributed by atoms with Gasteiger partial charge in [0.25, 0.3) is 0 Å². The molecule has 0 aliphatic carbocycles. The maximum Gasteiger partial charge on any atom is 0.0210 e. The molecule has 0 radical (unpaired) electrons. The molecule has 0 fully saturated rings. The molecule has 2 nitrogen and oxygen atoms in total. The first kappa shape index (κ1) is 13.2. The molecule has 0 spiro atoms. The van der Waals surface area contributed by atoms with Crippen LogP contribution in [0.5, 0.6) is 0 Å². The molecule has 1 aromatic carbocycles. The quantitative estimate of drug-likeness (QED) is 0.740. The van der Waals surface area contributed by atoms with Crippen molar-refractivity contribution in [2.24, 2.45) is 0 Å². The van der Waals surface area contributed by atoms with Crippen molar-refractivity contribution < 1.29 is 0 Å². The van der Waals surface area contributed by atoms with Crippen LogP contribution in [-0.2, 0) is 6.54 Å². The van der Waals surface area contributed by atoms with E-state index in [0.29, 0.717) is 0 Å². The first-order chi connectivity index (χ1) is 7.61. The number of hydrogen-bond acceptors (Lipinski definition) is 2. The average Bonchev–Trinajstić information content (AvgIpc) is 2.21. The third-order valence-corrected chi connectivity index (χ3v) is 2.91. The lowest BCUT2D eigenvalue weighted by atomic mass is 10.0. The zero-order valence-electron chi connectivity index (χ0n) is 11.0. The smallest absolute Gasteiger partial charge is 0.0210 e. The lowest BCUT2D eigenvalue weighted by Crippen LogP contribution is -2.21. The zero-order chi connectivity index (χ0) is 12.0. The Kier molecular flexibility index (Phi) is 5.50. The minimum atomic E-state index is 0.992. The van der Waals surface area contributed by atoms with E-state index in [1.165, 1.54) is 23.1 Å². The Bertz CT molecular complexity index is 298. The largest absolute Gasteiger partial charge is 0.313 e. The maximum absolute atomic E-state index is 3.51. The van der Waals surface area contributed by atoms with Crippen LogP contribution in [-0.4, -0.2) is 32.1 Å². The molecular weight excluding hydrogens is 196 g/mol. The SMILES string of the molecule is Cc1cccc(C)c1CNCCCN(C)C. The Morgan fingerprint density at radius 1 is 1.12 bits per heavy atom. The molecule has 0 unspecified atom stereocenters. The lowest BCUT2D eigenvalue weighted by Gasteiger charge is -2.12. The van der Waals surface area contributed by atoms with Gasteiger partial charge in [-0.3, -0.25) is 0 Å². The van der Waals surface area contributed by atoms with Crippen LogP contribution in [0.2, 0.25) is 0 Å². The first-order valence-electron chi connectivity index (χ1n) is 6.02. The van der Waals surface area contributed by atoms with Crippen molar-refractivity contribution in [3.63, 3.8) is 0 Å². The topological polar surface area (TPSA) is 15.3 Å². The molecule has 16 heavy (non-hydrogen) atoms. The molecule has 0 bridgehead atoms. The van der Waals surface area contributed by atoms with Gasteiger partial charge in [-0.25, -0.2) is 0 Å². The molecule has 2 heteroatoms. The van der Waals surface area contributed by atoms with Crippen molar-refractivity contribution in [3.05, 3.63) is 34.9 Å². The van der Waals surface area contributed by atoms with E-state index in [-0.39, 0.29) is 0 Å². The molecule has 0 saturated heterocycles. The second kappa shape index (κ2) is 6.66. The molecule has 0 saturated carbocycles. The van der Waals surface area contributed by atoms with Crippen molar-refractivity contribution in [2.45, 2.75) is 26.8 Å². The van der Waals surface area contributed by atoms with Crippen LogP contribution >= 0.6 is 0 Å². The van der Waals surface area contributed by atoms with E-state index in [4.69, 9.17) is 0 Å². The number of hydrogen-bond donors (Lipinski definition) is 1. The van der Waals surface area contributed by atoms with Gasteiger partial charge in [0.05, 0.1) is 0 Å². The fourth-order valence-electron chi connectivity index (χ4n) is 1.86. The molecule has 1 rings (SSSR count). The number of nitrogens with one attached hydrogen (secondary N) is 1. The summed E-state index contributed by atoms with van der Waals surface area (Å²) in [6, 6.07) is 6.49. The second-order valence-corrected chi connectivity index (χ2v) is 4.70. The van der Waals surface area contributed by atoms with Crippen molar-refractivity contribution in [2.75, 3.05) is 27.2 Å². The van der Waals surface area contributed by atoms with E-state index in [1.54, 1.807) is 0 Å². The van der Waals surface area contributed by atoms with Crippen LogP contribution in [0.15, 0.2) is 18.2 Å². The third-order valence-electron chi connectivity index (χ3n) is 2.91. The average molecular weight is 220 g/mol. The van der Waals surface area contributed by atoms with Crippen LogP contribution in [0.4, 0.5) is 0 Å². The highest BCUT2D eigenvalue weighted by atomic mass is 15.0. The van der Waals surface area contributed by atoms with Crippen molar-refractivity contribution in [3.8, 4) is 0 Å².